The average Bonchev–Trinajstić information content (AvgIpc) is 3.01. The third-order valence-corrected chi connectivity index (χ3v) is 5.42. The van der Waals surface area contributed by atoms with E-state index in [1.54, 1.807) is 11.8 Å². The quantitative estimate of drug-likeness (QED) is 0.741. The maximum atomic E-state index is 6.29. The molecule has 1 saturated heterocycles. The van der Waals surface area contributed by atoms with E-state index in [1.165, 1.54) is 0 Å². The minimum atomic E-state index is 0.552. The van der Waals surface area contributed by atoms with E-state index in [0.717, 1.165) is 48.6 Å². The lowest BCUT2D eigenvalue weighted by Crippen LogP contribution is -2.49. The van der Waals surface area contributed by atoms with Crippen LogP contribution in [0.25, 0.3) is 22.3 Å². The Hall–Kier alpha value is -2.87. The molecular weight excluding hydrogens is 354 g/mol. The molecule has 4 rings (SSSR count). The maximum Gasteiger partial charge on any atom is 0.228 e. The Morgan fingerprint density at radius 2 is 1.71 bits per heavy atom. The monoisotopic (exact) mass is 381 g/mol. The van der Waals surface area contributed by atoms with Gasteiger partial charge in [-0.2, -0.15) is 10.1 Å². The molecule has 0 spiro atoms. The number of ether oxygens (including phenoxy) is 1. The number of anilines is 2. The smallest absolute Gasteiger partial charge is 0.228 e. The highest BCUT2D eigenvalue weighted by Gasteiger charge is 2.24. The lowest BCUT2D eigenvalue weighted by atomic mass is 10.1. The number of methoxy groups -OCH3 is 1. The van der Waals surface area contributed by atoms with Crippen molar-refractivity contribution in [2.24, 2.45) is 7.05 Å². The minimum absolute atomic E-state index is 0.552. The first kappa shape index (κ1) is 18.5. The van der Waals surface area contributed by atoms with Crippen LogP contribution < -0.4 is 15.4 Å². The fraction of sp³-hybridized carbons (Fsp3) is 0.450. The third-order valence-electron chi connectivity index (χ3n) is 5.42. The van der Waals surface area contributed by atoms with Gasteiger partial charge in [-0.3, -0.25) is 9.58 Å². The van der Waals surface area contributed by atoms with E-state index >= 15 is 0 Å². The Balaban J connectivity index is 1.77. The first-order valence-electron chi connectivity index (χ1n) is 9.61. The summed E-state index contributed by atoms with van der Waals surface area (Å²) in [6.07, 6.45) is 0. The number of nitrogens with two attached hydrogens (primary N) is 1. The van der Waals surface area contributed by atoms with E-state index in [2.05, 4.69) is 28.7 Å². The minimum Gasteiger partial charge on any atom is -0.497 e. The van der Waals surface area contributed by atoms with Crippen LogP contribution in [0.2, 0.25) is 0 Å². The van der Waals surface area contributed by atoms with Gasteiger partial charge in [0, 0.05) is 44.8 Å². The first-order chi connectivity index (χ1) is 13.5. The number of rotatable bonds is 4. The van der Waals surface area contributed by atoms with Gasteiger partial charge in [-0.15, -0.1) is 0 Å². The highest BCUT2D eigenvalue weighted by Crippen LogP contribution is 2.32. The predicted octanol–water partition coefficient (Wildman–Crippen LogP) is 2.15. The van der Waals surface area contributed by atoms with E-state index in [1.807, 2.05) is 31.3 Å². The normalized spacial score (nSPS) is 15.5. The van der Waals surface area contributed by atoms with Gasteiger partial charge in [-0.05, 0) is 38.1 Å². The molecule has 3 aromatic rings. The van der Waals surface area contributed by atoms with Gasteiger partial charge in [0.15, 0.2) is 5.65 Å². The van der Waals surface area contributed by atoms with Gasteiger partial charge in [0.2, 0.25) is 5.95 Å². The summed E-state index contributed by atoms with van der Waals surface area (Å²) in [5.74, 6) is 2.08. The predicted molar refractivity (Wildman–Crippen MR) is 112 cm³/mol. The summed E-state index contributed by atoms with van der Waals surface area (Å²) in [4.78, 5) is 14.3. The number of benzene rings is 1. The van der Waals surface area contributed by atoms with Gasteiger partial charge in [-0.25, -0.2) is 4.98 Å². The van der Waals surface area contributed by atoms with E-state index in [4.69, 9.17) is 20.4 Å². The number of aryl methyl sites for hydroxylation is 1. The summed E-state index contributed by atoms with van der Waals surface area (Å²) in [6.45, 7) is 8.26. The molecule has 1 fully saturated rings. The molecule has 0 radical (unpaired) electrons. The van der Waals surface area contributed by atoms with Crippen molar-refractivity contribution in [3.63, 3.8) is 0 Å². The van der Waals surface area contributed by atoms with E-state index in [0.29, 0.717) is 23.5 Å². The zero-order valence-electron chi connectivity index (χ0n) is 16.9. The molecule has 0 aliphatic carbocycles. The van der Waals surface area contributed by atoms with Crippen molar-refractivity contribution in [2.75, 3.05) is 43.9 Å². The molecule has 3 heterocycles. The topological polar surface area (TPSA) is 85.3 Å². The largest absolute Gasteiger partial charge is 0.497 e. The fourth-order valence-corrected chi connectivity index (χ4v) is 3.64. The Kier molecular flexibility index (Phi) is 4.80. The molecule has 8 nitrogen and oxygen atoms in total. The Labute approximate surface area is 164 Å². The molecule has 0 saturated carbocycles. The molecule has 1 aliphatic rings. The Morgan fingerprint density at radius 1 is 1.04 bits per heavy atom. The molecule has 0 atom stereocenters. The third kappa shape index (κ3) is 3.24. The number of hydrogen-bond acceptors (Lipinski definition) is 7. The van der Waals surface area contributed by atoms with Crippen LogP contribution in [-0.2, 0) is 7.05 Å². The summed E-state index contributed by atoms with van der Waals surface area (Å²) in [5, 5.41) is 5.30. The fourth-order valence-electron chi connectivity index (χ4n) is 3.64. The van der Waals surface area contributed by atoms with Crippen molar-refractivity contribution >= 4 is 22.8 Å². The summed E-state index contributed by atoms with van der Waals surface area (Å²) >= 11 is 0. The molecular formula is C20H27N7O. The second-order valence-electron chi connectivity index (χ2n) is 7.42. The number of piperazine rings is 1. The molecule has 0 amide bonds. The maximum absolute atomic E-state index is 6.29. The number of nitrogens with zero attached hydrogens (tertiary/aromatic N) is 6. The highest BCUT2D eigenvalue weighted by atomic mass is 16.5. The van der Waals surface area contributed by atoms with Gasteiger partial charge in [-0.1, -0.05) is 0 Å². The molecule has 2 aromatic heterocycles. The number of fused-ring (bicyclic) bond motifs is 1. The van der Waals surface area contributed by atoms with Gasteiger partial charge in [0.05, 0.1) is 18.2 Å². The standard InChI is InChI=1S/C20H27N7O/c1-13(2)26-9-11-27(12-10-26)20-22-17(14-5-7-15(28-4)8-6-14)16-18(21)25(3)24-19(16)23-20/h5-8,13H,9-12,21H2,1-4H3. The summed E-state index contributed by atoms with van der Waals surface area (Å²) in [6, 6.07) is 8.39. The van der Waals surface area contributed by atoms with Crippen molar-refractivity contribution in [1.82, 2.24) is 24.6 Å². The molecule has 1 aliphatic heterocycles. The van der Waals surface area contributed by atoms with Crippen molar-refractivity contribution in [3.05, 3.63) is 24.3 Å². The van der Waals surface area contributed by atoms with Crippen LogP contribution >= 0.6 is 0 Å². The van der Waals surface area contributed by atoms with Crippen LogP contribution in [0.5, 0.6) is 5.75 Å². The van der Waals surface area contributed by atoms with Gasteiger partial charge in [0.25, 0.3) is 0 Å². The van der Waals surface area contributed by atoms with E-state index in [9.17, 15) is 0 Å². The van der Waals surface area contributed by atoms with Crippen LogP contribution in [0.15, 0.2) is 24.3 Å². The molecule has 0 unspecified atom stereocenters. The van der Waals surface area contributed by atoms with E-state index in [-0.39, 0.29) is 0 Å². The van der Waals surface area contributed by atoms with Gasteiger partial charge in [0.1, 0.15) is 11.6 Å². The summed E-state index contributed by atoms with van der Waals surface area (Å²) < 4.78 is 6.94. The number of hydrogen-bond donors (Lipinski definition) is 1. The van der Waals surface area contributed by atoms with Gasteiger partial charge < -0.3 is 15.4 Å². The molecule has 148 valence electrons. The second-order valence-corrected chi connectivity index (χ2v) is 7.42. The van der Waals surface area contributed by atoms with Crippen molar-refractivity contribution in [1.29, 1.82) is 0 Å². The van der Waals surface area contributed by atoms with Crippen LogP contribution in [0.4, 0.5) is 11.8 Å². The SMILES string of the molecule is COc1ccc(-c2nc(N3CCN(C(C)C)CC3)nc3nn(C)c(N)c23)cc1. The lowest BCUT2D eigenvalue weighted by molar-refractivity contribution is 0.208. The first-order valence-corrected chi connectivity index (χ1v) is 9.61. The lowest BCUT2D eigenvalue weighted by Gasteiger charge is -2.36. The molecule has 0 bridgehead atoms. The zero-order valence-corrected chi connectivity index (χ0v) is 16.9. The summed E-state index contributed by atoms with van der Waals surface area (Å²) in [5.41, 5.74) is 8.69. The van der Waals surface area contributed by atoms with E-state index < -0.39 is 0 Å². The molecule has 28 heavy (non-hydrogen) atoms. The average molecular weight is 381 g/mol. The number of nitrogen functional groups attached to an aromatic ring is 1. The Bertz CT molecular complexity index is 972. The van der Waals surface area contributed by atoms with Crippen LogP contribution in [0.3, 0.4) is 0 Å². The molecule has 8 heteroatoms. The van der Waals surface area contributed by atoms with Crippen LogP contribution in [-0.4, -0.2) is 64.0 Å². The van der Waals surface area contributed by atoms with Crippen molar-refractivity contribution in [2.45, 2.75) is 19.9 Å². The second kappa shape index (κ2) is 7.27. The Morgan fingerprint density at radius 3 is 2.32 bits per heavy atom. The highest BCUT2D eigenvalue weighted by molar-refractivity contribution is 5.98. The number of aromatic nitrogens is 4. The van der Waals surface area contributed by atoms with Crippen LogP contribution in [0, 0.1) is 0 Å². The van der Waals surface area contributed by atoms with Gasteiger partial charge >= 0.3 is 0 Å². The van der Waals surface area contributed by atoms with Crippen molar-refractivity contribution in [3.8, 4) is 17.0 Å². The zero-order chi connectivity index (χ0) is 19.8. The van der Waals surface area contributed by atoms with Crippen LogP contribution in [0.1, 0.15) is 13.8 Å². The molecule has 2 N–H and O–H groups in total. The summed E-state index contributed by atoms with van der Waals surface area (Å²) in [7, 11) is 3.49. The van der Waals surface area contributed by atoms with Crippen molar-refractivity contribution < 1.29 is 4.74 Å². The molecule has 1 aromatic carbocycles.